The fourth-order valence-corrected chi connectivity index (χ4v) is 4.81. The summed E-state index contributed by atoms with van der Waals surface area (Å²) in [4.78, 5) is 11.2. The highest BCUT2D eigenvalue weighted by Gasteiger charge is 2.30. The van der Waals surface area contributed by atoms with E-state index in [1.807, 2.05) is 23.9 Å². The van der Waals surface area contributed by atoms with Crippen molar-refractivity contribution in [3.05, 3.63) is 54.5 Å². The number of ether oxygens (including phenoxy) is 1. The van der Waals surface area contributed by atoms with Gasteiger partial charge in [-0.05, 0) is 30.7 Å². The Labute approximate surface area is 206 Å². The molecule has 2 aliphatic rings. The molecule has 3 heterocycles. The molecule has 1 atom stereocenters. The molecule has 2 saturated heterocycles. The van der Waals surface area contributed by atoms with Gasteiger partial charge in [-0.15, -0.1) is 35.7 Å². The Morgan fingerprint density at radius 1 is 1.10 bits per heavy atom. The maximum absolute atomic E-state index is 5.52. The summed E-state index contributed by atoms with van der Waals surface area (Å²) in [6.45, 7) is 7.54. The van der Waals surface area contributed by atoms with Gasteiger partial charge in [0.15, 0.2) is 5.96 Å². The number of thioether (sulfide) groups is 1. The van der Waals surface area contributed by atoms with Gasteiger partial charge in [-0.1, -0.05) is 18.2 Å². The number of hydrogen-bond donors (Lipinski definition) is 1. The number of aliphatic imine (C=N–C) groups is 1. The number of guanidine groups is 1. The van der Waals surface area contributed by atoms with Crippen molar-refractivity contribution < 1.29 is 9.15 Å². The molecule has 2 fully saturated rings. The Bertz CT molecular complexity index is 769. The average molecular weight is 557 g/mol. The molecule has 170 valence electrons. The number of halogens is 1. The van der Waals surface area contributed by atoms with Gasteiger partial charge in [-0.25, -0.2) is 0 Å². The van der Waals surface area contributed by atoms with Gasteiger partial charge in [0, 0.05) is 62.4 Å². The molecule has 4 rings (SSSR count). The van der Waals surface area contributed by atoms with Gasteiger partial charge in [0.1, 0.15) is 5.76 Å². The van der Waals surface area contributed by atoms with Crippen LogP contribution in [0.15, 0.2) is 63.0 Å². The van der Waals surface area contributed by atoms with E-state index in [9.17, 15) is 0 Å². The first kappa shape index (κ1) is 24.4. The standard InChI is InChI=1S/C23H32N4O2S.HI/c1-2-6-22(7-3-1)30-18-11-25-23(24-10-8-21-5-4-15-29-21)27-12-9-20(19-27)26-13-16-28-17-14-26;/h1-7,15,20H,8-14,16-19H2,(H,24,25);1H. The zero-order chi connectivity index (χ0) is 20.4. The molecule has 1 aromatic carbocycles. The van der Waals surface area contributed by atoms with Crippen LogP contribution in [0.1, 0.15) is 12.2 Å². The minimum Gasteiger partial charge on any atom is -0.469 e. The summed E-state index contributed by atoms with van der Waals surface area (Å²) in [5, 5.41) is 3.62. The third kappa shape index (κ3) is 7.69. The molecule has 6 nitrogen and oxygen atoms in total. The number of nitrogens with one attached hydrogen (secondary N) is 1. The number of likely N-dealkylation sites (tertiary alicyclic amines) is 1. The lowest BCUT2D eigenvalue weighted by molar-refractivity contribution is 0.0195. The summed E-state index contributed by atoms with van der Waals surface area (Å²) in [5.74, 6) is 3.04. The van der Waals surface area contributed by atoms with Gasteiger partial charge in [0.05, 0.1) is 19.5 Å². The third-order valence-corrected chi connectivity index (χ3v) is 6.64. The Balaban J connectivity index is 0.00000272. The molecule has 0 spiro atoms. The van der Waals surface area contributed by atoms with E-state index in [4.69, 9.17) is 14.1 Å². The van der Waals surface area contributed by atoms with Crippen molar-refractivity contribution in [2.75, 3.05) is 58.2 Å². The van der Waals surface area contributed by atoms with Crippen molar-refractivity contribution in [1.82, 2.24) is 15.1 Å². The van der Waals surface area contributed by atoms with Gasteiger partial charge in [-0.2, -0.15) is 0 Å². The van der Waals surface area contributed by atoms with Crippen molar-refractivity contribution in [1.29, 1.82) is 0 Å². The van der Waals surface area contributed by atoms with E-state index in [1.54, 1.807) is 6.26 Å². The summed E-state index contributed by atoms with van der Waals surface area (Å²) < 4.78 is 11.0. The maximum atomic E-state index is 5.52. The first-order chi connectivity index (χ1) is 14.9. The number of rotatable bonds is 8. The largest absolute Gasteiger partial charge is 0.469 e. The Morgan fingerprint density at radius 2 is 1.94 bits per heavy atom. The molecule has 0 radical (unpaired) electrons. The average Bonchev–Trinajstić information content (AvgIpc) is 3.49. The fraction of sp³-hybridized carbons (Fsp3) is 0.522. The van der Waals surface area contributed by atoms with E-state index in [-0.39, 0.29) is 24.0 Å². The molecule has 1 N–H and O–H groups in total. The van der Waals surface area contributed by atoms with Crippen LogP contribution in [0.2, 0.25) is 0 Å². The predicted molar refractivity (Wildman–Crippen MR) is 138 cm³/mol. The molecule has 2 aliphatic heterocycles. The van der Waals surface area contributed by atoms with Crippen LogP contribution < -0.4 is 5.32 Å². The molecule has 0 saturated carbocycles. The van der Waals surface area contributed by atoms with Crippen LogP contribution >= 0.6 is 35.7 Å². The summed E-state index contributed by atoms with van der Waals surface area (Å²) >= 11 is 1.88. The van der Waals surface area contributed by atoms with Gasteiger partial charge < -0.3 is 19.4 Å². The van der Waals surface area contributed by atoms with E-state index in [0.29, 0.717) is 6.04 Å². The SMILES string of the molecule is I.c1ccc(SCCNC(=NCCc2ccco2)N2CCC(N3CCOCC3)C2)cc1. The number of benzene rings is 1. The van der Waals surface area contributed by atoms with Gasteiger partial charge in [0.2, 0.25) is 0 Å². The summed E-state index contributed by atoms with van der Waals surface area (Å²) in [7, 11) is 0. The normalized spacial score (nSPS) is 19.9. The first-order valence-electron chi connectivity index (χ1n) is 10.9. The Kier molecular flexibility index (Phi) is 10.5. The molecule has 0 bridgehead atoms. The molecule has 8 heteroatoms. The van der Waals surface area contributed by atoms with Crippen LogP contribution in [0.5, 0.6) is 0 Å². The molecule has 0 aliphatic carbocycles. The molecule has 1 unspecified atom stereocenters. The number of furan rings is 1. The molecule has 31 heavy (non-hydrogen) atoms. The first-order valence-corrected chi connectivity index (χ1v) is 11.9. The topological polar surface area (TPSA) is 53.2 Å². The van der Waals surface area contributed by atoms with Crippen molar-refractivity contribution in [3.63, 3.8) is 0 Å². The van der Waals surface area contributed by atoms with Gasteiger partial charge >= 0.3 is 0 Å². The summed E-state index contributed by atoms with van der Waals surface area (Å²) in [5.41, 5.74) is 0. The Morgan fingerprint density at radius 3 is 2.71 bits per heavy atom. The highest BCUT2D eigenvalue weighted by atomic mass is 127. The summed E-state index contributed by atoms with van der Waals surface area (Å²) in [6, 6.07) is 15.1. The second-order valence-corrected chi connectivity index (χ2v) is 8.83. The van der Waals surface area contributed by atoms with Crippen LogP contribution in [0.25, 0.3) is 0 Å². The Hall–Kier alpha value is -1.23. The van der Waals surface area contributed by atoms with E-state index in [2.05, 4.69) is 45.4 Å². The smallest absolute Gasteiger partial charge is 0.194 e. The second kappa shape index (κ2) is 13.3. The van der Waals surface area contributed by atoms with Crippen LogP contribution in [0, 0.1) is 0 Å². The molecule has 0 amide bonds. The molecule has 2 aromatic rings. The second-order valence-electron chi connectivity index (χ2n) is 7.66. The van der Waals surface area contributed by atoms with Crippen LogP contribution in [-0.2, 0) is 11.2 Å². The van der Waals surface area contributed by atoms with Crippen molar-refractivity contribution in [3.8, 4) is 0 Å². The number of hydrogen-bond acceptors (Lipinski definition) is 5. The van der Waals surface area contributed by atoms with Crippen molar-refractivity contribution in [2.45, 2.75) is 23.8 Å². The highest BCUT2D eigenvalue weighted by Crippen LogP contribution is 2.18. The third-order valence-electron chi connectivity index (χ3n) is 5.62. The van der Waals surface area contributed by atoms with E-state index in [0.717, 1.165) is 76.4 Å². The zero-order valence-electron chi connectivity index (χ0n) is 17.9. The molecule has 1 aromatic heterocycles. The van der Waals surface area contributed by atoms with Gasteiger partial charge in [-0.3, -0.25) is 9.89 Å². The van der Waals surface area contributed by atoms with Crippen LogP contribution in [-0.4, -0.2) is 80.0 Å². The van der Waals surface area contributed by atoms with Crippen LogP contribution in [0.3, 0.4) is 0 Å². The fourth-order valence-electron chi connectivity index (χ4n) is 4.02. The lowest BCUT2D eigenvalue weighted by Gasteiger charge is -2.32. The van der Waals surface area contributed by atoms with Crippen molar-refractivity contribution in [2.24, 2.45) is 4.99 Å². The lowest BCUT2D eigenvalue weighted by atomic mass is 10.2. The minimum atomic E-state index is 0. The summed E-state index contributed by atoms with van der Waals surface area (Å²) in [6.07, 6.45) is 3.75. The zero-order valence-corrected chi connectivity index (χ0v) is 21.1. The highest BCUT2D eigenvalue weighted by molar-refractivity contribution is 14.0. The predicted octanol–water partition coefficient (Wildman–Crippen LogP) is 3.58. The molecular formula is C23H33IN4O2S. The van der Waals surface area contributed by atoms with Crippen molar-refractivity contribution >= 4 is 41.7 Å². The lowest BCUT2D eigenvalue weighted by Crippen LogP contribution is -2.47. The van der Waals surface area contributed by atoms with E-state index >= 15 is 0 Å². The number of nitrogens with zero attached hydrogens (tertiary/aromatic N) is 3. The quantitative estimate of drug-likeness (QED) is 0.177. The van der Waals surface area contributed by atoms with E-state index < -0.39 is 0 Å². The van der Waals surface area contributed by atoms with Gasteiger partial charge in [0.25, 0.3) is 0 Å². The monoisotopic (exact) mass is 556 g/mol. The van der Waals surface area contributed by atoms with E-state index in [1.165, 1.54) is 11.3 Å². The van der Waals surface area contributed by atoms with Crippen LogP contribution in [0.4, 0.5) is 0 Å². The number of morpholine rings is 1. The maximum Gasteiger partial charge on any atom is 0.194 e. The minimum absolute atomic E-state index is 0. The molecular weight excluding hydrogens is 523 g/mol.